The Hall–Kier alpha value is -2.35. The van der Waals surface area contributed by atoms with Crippen molar-refractivity contribution in [3.05, 3.63) is 59.1 Å². The molecule has 1 aliphatic rings. The zero-order valence-corrected chi connectivity index (χ0v) is 17.6. The fourth-order valence-corrected chi connectivity index (χ4v) is 4.18. The largest absolute Gasteiger partial charge is 0.378 e. The van der Waals surface area contributed by atoms with Gasteiger partial charge in [0.2, 0.25) is 5.91 Å². The Balaban J connectivity index is 1.66. The smallest absolute Gasteiger partial charge is 0.233 e. The molecule has 2 aromatic carbocycles. The minimum atomic E-state index is 0.0886. The van der Waals surface area contributed by atoms with E-state index in [0.717, 1.165) is 22.6 Å². The van der Waals surface area contributed by atoms with Gasteiger partial charge in [0.05, 0.1) is 24.7 Å². The highest BCUT2D eigenvalue weighted by atomic mass is 35.5. The van der Waals surface area contributed by atoms with Gasteiger partial charge in [0.25, 0.3) is 0 Å². The Morgan fingerprint density at radius 2 is 1.83 bits per heavy atom. The van der Waals surface area contributed by atoms with Crippen LogP contribution in [0.3, 0.4) is 0 Å². The van der Waals surface area contributed by atoms with E-state index in [-0.39, 0.29) is 5.91 Å². The highest BCUT2D eigenvalue weighted by Gasteiger charge is 2.21. The number of benzene rings is 2. The number of para-hydroxylation sites is 1. The molecule has 0 radical (unpaired) electrons. The number of halogens is 1. The van der Waals surface area contributed by atoms with Crippen LogP contribution in [0.25, 0.3) is 17.1 Å². The number of thioether (sulfide) groups is 1. The van der Waals surface area contributed by atoms with Gasteiger partial charge in [0.1, 0.15) is 0 Å². The first-order valence-corrected chi connectivity index (χ1v) is 10.8. The summed E-state index contributed by atoms with van der Waals surface area (Å²) < 4.78 is 7.34. The van der Waals surface area contributed by atoms with E-state index in [2.05, 4.69) is 10.2 Å². The molecule has 0 atom stereocenters. The molecule has 0 unspecified atom stereocenters. The molecule has 0 saturated carbocycles. The number of ether oxygens (including phenoxy) is 1. The Morgan fingerprint density at radius 1 is 1.10 bits per heavy atom. The number of carbonyl (C=O) groups is 1. The highest BCUT2D eigenvalue weighted by molar-refractivity contribution is 7.99. The molecule has 0 aliphatic carbocycles. The molecule has 0 N–H and O–H groups in total. The summed E-state index contributed by atoms with van der Waals surface area (Å²) in [5.74, 6) is 1.12. The van der Waals surface area contributed by atoms with Gasteiger partial charge < -0.3 is 9.64 Å². The molecule has 1 aromatic heterocycles. The monoisotopic (exact) mass is 428 g/mol. The lowest BCUT2D eigenvalue weighted by Gasteiger charge is -2.26. The van der Waals surface area contributed by atoms with Gasteiger partial charge in [-0.2, -0.15) is 0 Å². The van der Waals surface area contributed by atoms with Crippen molar-refractivity contribution in [1.82, 2.24) is 19.7 Å². The van der Waals surface area contributed by atoms with E-state index >= 15 is 0 Å². The summed E-state index contributed by atoms with van der Waals surface area (Å²) in [7, 11) is 0. The number of aromatic nitrogens is 3. The minimum Gasteiger partial charge on any atom is -0.378 e. The van der Waals surface area contributed by atoms with Gasteiger partial charge in [-0.1, -0.05) is 41.6 Å². The number of aryl methyl sites for hydroxylation is 1. The minimum absolute atomic E-state index is 0.0886. The first-order valence-electron chi connectivity index (χ1n) is 9.39. The molecule has 1 amide bonds. The number of nitrogens with zero attached hydrogens (tertiary/aromatic N) is 4. The van der Waals surface area contributed by atoms with Crippen LogP contribution in [0.4, 0.5) is 0 Å². The maximum Gasteiger partial charge on any atom is 0.233 e. The van der Waals surface area contributed by atoms with Crippen molar-refractivity contribution in [2.24, 2.45) is 0 Å². The second kappa shape index (κ2) is 8.98. The summed E-state index contributed by atoms with van der Waals surface area (Å²) in [6.07, 6.45) is 0. The summed E-state index contributed by atoms with van der Waals surface area (Å²) in [6.45, 7) is 4.52. The van der Waals surface area contributed by atoms with E-state index in [9.17, 15) is 4.79 Å². The van der Waals surface area contributed by atoms with Crippen LogP contribution >= 0.6 is 23.4 Å². The van der Waals surface area contributed by atoms with Gasteiger partial charge in [-0.3, -0.25) is 9.36 Å². The van der Waals surface area contributed by atoms with Crippen LogP contribution < -0.4 is 0 Å². The number of hydrogen-bond acceptors (Lipinski definition) is 5. The molecule has 0 bridgehead atoms. The number of morpholine rings is 1. The first kappa shape index (κ1) is 19.9. The number of carbonyl (C=O) groups excluding carboxylic acids is 1. The Kier molecular flexibility index (Phi) is 6.18. The van der Waals surface area contributed by atoms with E-state index in [0.29, 0.717) is 42.2 Å². The van der Waals surface area contributed by atoms with Crippen molar-refractivity contribution >= 4 is 29.3 Å². The molecule has 1 saturated heterocycles. The molecule has 1 fully saturated rings. The SMILES string of the molecule is Cc1ccccc1-n1c(SCC(=O)N2CCOCC2)nnc1-c1ccc(Cl)cc1. The lowest BCUT2D eigenvalue weighted by atomic mass is 10.1. The molecule has 6 nitrogen and oxygen atoms in total. The number of hydrogen-bond donors (Lipinski definition) is 0. The fraction of sp³-hybridized carbons (Fsp3) is 0.286. The van der Waals surface area contributed by atoms with Gasteiger partial charge in [0.15, 0.2) is 11.0 Å². The van der Waals surface area contributed by atoms with Gasteiger partial charge in [-0.25, -0.2) is 0 Å². The Labute approximate surface area is 178 Å². The molecular formula is C21H21ClN4O2S. The van der Waals surface area contributed by atoms with E-state index in [1.807, 2.05) is 64.9 Å². The first-order chi connectivity index (χ1) is 14.1. The van der Waals surface area contributed by atoms with Gasteiger partial charge in [0, 0.05) is 23.7 Å². The normalized spacial score (nSPS) is 14.2. The summed E-state index contributed by atoms with van der Waals surface area (Å²) >= 11 is 7.45. The zero-order chi connectivity index (χ0) is 20.2. The molecule has 1 aliphatic heterocycles. The maximum absolute atomic E-state index is 12.6. The zero-order valence-electron chi connectivity index (χ0n) is 16.0. The Bertz CT molecular complexity index is 1000. The molecule has 150 valence electrons. The molecule has 3 aromatic rings. The van der Waals surface area contributed by atoms with Crippen molar-refractivity contribution in [2.45, 2.75) is 12.1 Å². The van der Waals surface area contributed by atoms with E-state index in [1.54, 1.807) is 0 Å². The summed E-state index contributed by atoms with van der Waals surface area (Å²) in [5, 5.41) is 10.2. The van der Waals surface area contributed by atoms with Crippen LogP contribution in [0.2, 0.25) is 5.02 Å². The predicted molar refractivity (Wildman–Crippen MR) is 115 cm³/mol. The lowest BCUT2D eigenvalue weighted by Crippen LogP contribution is -2.41. The van der Waals surface area contributed by atoms with Crippen LogP contribution in [0, 0.1) is 6.92 Å². The van der Waals surface area contributed by atoms with Crippen LogP contribution in [-0.4, -0.2) is 57.6 Å². The molecule has 8 heteroatoms. The molecule has 0 spiro atoms. The summed E-state index contributed by atoms with van der Waals surface area (Å²) in [6, 6.07) is 15.6. The number of rotatable bonds is 5. The van der Waals surface area contributed by atoms with Crippen LogP contribution in [-0.2, 0) is 9.53 Å². The molecule has 29 heavy (non-hydrogen) atoms. The lowest BCUT2D eigenvalue weighted by molar-refractivity contribution is -0.132. The summed E-state index contributed by atoms with van der Waals surface area (Å²) in [4.78, 5) is 14.4. The number of amides is 1. The summed E-state index contributed by atoms with van der Waals surface area (Å²) in [5.41, 5.74) is 3.00. The van der Waals surface area contributed by atoms with Crippen molar-refractivity contribution in [3.63, 3.8) is 0 Å². The Morgan fingerprint density at radius 3 is 2.55 bits per heavy atom. The quantitative estimate of drug-likeness (QED) is 0.578. The van der Waals surface area contributed by atoms with Crippen molar-refractivity contribution in [2.75, 3.05) is 32.1 Å². The predicted octanol–water partition coefficient (Wildman–Crippen LogP) is 3.85. The van der Waals surface area contributed by atoms with Crippen molar-refractivity contribution < 1.29 is 9.53 Å². The van der Waals surface area contributed by atoms with E-state index < -0.39 is 0 Å². The van der Waals surface area contributed by atoms with Crippen LogP contribution in [0.15, 0.2) is 53.7 Å². The third kappa shape index (κ3) is 4.47. The molecule has 4 rings (SSSR count). The second-order valence-corrected chi connectivity index (χ2v) is 8.10. The average Bonchev–Trinajstić information content (AvgIpc) is 3.17. The van der Waals surface area contributed by atoms with Gasteiger partial charge in [-0.15, -0.1) is 10.2 Å². The topological polar surface area (TPSA) is 60.2 Å². The average molecular weight is 429 g/mol. The van der Waals surface area contributed by atoms with Gasteiger partial charge in [-0.05, 0) is 42.8 Å². The molecule has 2 heterocycles. The van der Waals surface area contributed by atoms with Crippen LogP contribution in [0.5, 0.6) is 0 Å². The highest BCUT2D eigenvalue weighted by Crippen LogP contribution is 2.30. The second-order valence-electron chi connectivity index (χ2n) is 6.72. The standard InChI is InChI=1S/C21H21ClN4O2S/c1-15-4-2-3-5-18(15)26-20(16-6-8-17(22)9-7-16)23-24-21(26)29-14-19(27)25-10-12-28-13-11-25/h2-9H,10-14H2,1H3. The molecular weight excluding hydrogens is 408 g/mol. The maximum atomic E-state index is 12.6. The third-order valence-electron chi connectivity index (χ3n) is 4.78. The van der Waals surface area contributed by atoms with Crippen LogP contribution in [0.1, 0.15) is 5.56 Å². The van der Waals surface area contributed by atoms with Crippen molar-refractivity contribution in [1.29, 1.82) is 0 Å². The van der Waals surface area contributed by atoms with E-state index in [4.69, 9.17) is 16.3 Å². The van der Waals surface area contributed by atoms with Crippen molar-refractivity contribution in [3.8, 4) is 17.1 Å². The van der Waals surface area contributed by atoms with Gasteiger partial charge >= 0.3 is 0 Å². The third-order valence-corrected chi connectivity index (χ3v) is 5.95. The fourth-order valence-electron chi connectivity index (χ4n) is 3.21. The van der Waals surface area contributed by atoms with E-state index in [1.165, 1.54) is 11.8 Å².